The second-order valence-corrected chi connectivity index (χ2v) is 2.75. The highest BCUT2D eigenvalue weighted by molar-refractivity contribution is 7.80. The summed E-state index contributed by atoms with van der Waals surface area (Å²) < 4.78 is 4.51. The maximum absolute atomic E-state index is 11.0. The number of esters is 1. The zero-order valence-corrected chi connectivity index (χ0v) is 7.47. The summed E-state index contributed by atoms with van der Waals surface area (Å²) in [5.74, 6) is -0.393. The number of benzene rings is 1. The van der Waals surface area contributed by atoms with Gasteiger partial charge in [0.25, 0.3) is 0 Å². The fraction of sp³-hybridized carbons (Fsp3) is 0.125. The predicted molar refractivity (Wildman–Crippen MR) is 49.4 cm³/mol. The number of ether oxygens (including phenoxy) is 1. The van der Waals surface area contributed by atoms with Crippen LogP contribution in [-0.4, -0.2) is 13.1 Å². The Bertz CT molecular complexity index is 312. The molecule has 64 valence electrons. The van der Waals surface area contributed by atoms with Crippen molar-refractivity contribution in [1.29, 1.82) is 0 Å². The Hall–Kier alpha value is -1.16. The fourth-order valence-electron chi connectivity index (χ4n) is 0.799. The summed E-state index contributed by atoms with van der Waals surface area (Å²) in [6.45, 7) is 0. The van der Waals surface area contributed by atoms with Gasteiger partial charge < -0.3 is 10.5 Å². The number of carbonyl (C=O) groups excluding carboxylic acids is 1. The zero-order chi connectivity index (χ0) is 9.14. The van der Waals surface area contributed by atoms with E-state index in [1.807, 2.05) is 0 Å². The van der Waals surface area contributed by atoms with Crippen LogP contribution in [-0.2, 0) is 4.74 Å². The molecule has 0 spiro atoms. The molecule has 0 aliphatic rings. The molecule has 0 heterocycles. The van der Waals surface area contributed by atoms with E-state index in [0.717, 1.165) is 0 Å². The lowest BCUT2D eigenvalue weighted by Gasteiger charge is -2.01. The molecule has 1 rings (SSSR count). The molecule has 3 nitrogen and oxygen atoms in total. The highest BCUT2D eigenvalue weighted by Crippen LogP contribution is 2.17. The largest absolute Gasteiger partial charge is 0.465 e. The smallest absolute Gasteiger partial charge is 0.337 e. The van der Waals surface area contributed by atoms with Crippen molar-refractivity contribution >= 4 is 24.3 Å². The number of carbonyl (C=O) groups is 1. The molecule has 0 saturated heterocycles. The number of thiol groups is 1. The number of methoxy groups -OCH3 is 1. The van der Waals surface area contributed by atoms with Gasteiger partial charge in [0.1, 0.15) is 0 Å². The summed E-state index contributed by atoms with van der Waals surface area (Å²) in [4.78, 5) is 11.6. The predicted octanol–water partition coefficient (Wildman–Crippen LogP) is 1.34. The molecule has 0 saturated carbocycles. The Kier molecular flexibility index (Phi) is 2.60. The van der Waals surface area contributed by atoms with Crippen molar-refractivity contribution in [1.82, 2.24) is 0 Å². The van der Waals surface area contributed by atoms with Crippen LogP contribution in [0.4, 0.5) is 5.69 Å². The van der Waals surface area contributed by atoms with Gasteiger partial charge >= 0.3 is 5.97 Å². The number of hydrogen-bond acceptors (Lipinski definition) is 4. The van der Waals surface area contributed by atoms with E-state index in [2.05, 4.69) is 17.4 Å². The average Bonchev–Trinajstić information content (AvgIpc) is 2.08. The van der Waals surface area contributed by atoms with Crippen LogP contribution < -0.4 is 5.73 Å². The standard InChI is InChI=1S/C8H9NO2S/c1-11-8(10)5-2-3-7(12)6(9)4-5/h2-4,12H,9H2,1H3. The Balaban J connectivity index is 3.05. The van der Waals surface area contributed by atoms with Crippen molar-refractivity contribution in [3.05, 3.63) is 23.8 Å². The highest BCUT2D eigenvalue weighted by atomic mass is 32.1. The van der Waals surface area contributed by atoms with Crippen LogP contribution >= 0.6 is 12.6 Å². The van der Waals surface area contributed by atoms with Gasteiger partial charge in [-0.2, -0.15) is 0 Å². The topological polar surface area (TPSA) is 52.3 Å². The van der Waals surface area contributed by atoms with Crippen molar-refractivity contribution in [3.63, 3.8) is 0 Å². The number of hydrogen-bond donors (Lipinski definition) is 2. The first-order chi connectivity index (χ1) is 5.65. The lowest BCUT2D eigenvalue weighted by atomic mass is 10.2. The third kappa shape index (κ3) is 1.71. The van der Waals surface area contributed by atoms with E-state index in [-0.39, 0.29) is 0 Å². The van der Waals surface area contributed by atoms with Gasteiger partial charge in [0.05, 0.1) is 12.7 Å². The summed E-state index contributed by atoms with van der Waals surface area (Å²) in [6, 6.07) is 4.81. The molecule has 1 aromatic carbocycles. The quantitative estimate of drug-likeness (QED) is 0.392. The summed E-state index contributed by atoms with van der Waals surface area (Å²) >= 11 is 4.07. The molecule has 0 atom stereocenters. The molecule has 0 radical (unpaired) electrons. The summed E-state index contributed by atoms with van der Waals surface area (Å²) in [7, 11) is 1.33. The number of anilines is 1. The van der Waals surface area contributed by atoms with Crippen LogP contribution in [0.3, 0.4) is 0 Å². The van der Waals surface area contributed by atoms with Crippen molar-refractivity contribution in [2.24, 2.45) is 0 Å². The second-order valence-electron chi connectivity index (χ2n) is 2.27. The second kappa shape index (κ2) is 3.49. The van der Waals surface area contributed by atoms with E-state index in [1.54, 1.807) is 12.1 Å². The van der Waals surface area contributed by atoms with Gasteiger partial charge in [0, 0.05) is 10.6 Å². The fourth-order valence-corrected chi connectivity index (χ4v) is 0.938. The van der Waals surface area contributed by atoms with Crippen LogP contribution in [0, 0.1) is 0 Å². The van der Waals surface area contributed by atoms with E-state index in [0.29, 0.717) is 16.1 Å². The zero-order valence-electron chi connectivity index (χ0n) is 6.57. The van der Waals surface area contributed by atoms with Crippen molar-refractivity contribution in [2.45, 2.75) is 4.90 Å². The first-order valence-corrected chi connectivity index (χ1v) is 3.76. The minimum Gasteiger partial charge on any atom is -0.465 e. The Morgan fingerprint density at radius 1 is 1.58 bits per heavy atom. The van der Waals surface area contributed by atoms with Gasteiger partial charge in [-0.1, -0.05) is 0 Å². The van der Waals surface area contributed by atoms with E-state index in [4.69, 9.17) is 5.73 Å². The van der Waals surface area contributed by atoms with Gasteiger partial charge in [-0.3, -0.25) is 0 Å². The SMILES string of the molecule is COC(=O)c1ccc(S)c(N)c1. The maximum atomic E-state index is 11.0. The Labute approximate surface area is 75.9 Å². The van der Waals surface area contributed by atoms with Crippen LogP contribution in [0.1, 0.15) is 10.4 Å². The molecule has 0 aliphatic heterocycles. The van der Waals surface area contributed by atoms with Gasteiger partial charge in [0.2, 0.25) is 0 Å². The van der Waals surface area contributed by atoms with E-state index >= 15 is 0 Å². The number of nitrogen functional groups attached to an aromatic ring is 1. The summed E-state index contributed by atoms with van der Waals surface area (Å²) in [5.41, 5.74) is 6.44. The molecule has 2 N–H and O–H groups in total. The van der Waals surface area contributed by atoms with Gasteiger partial charge in [0.15, 0.2) is 0 Å². The highest BCUT2D eigenvalue weighted by Gasteiger charge is 2.05. The van der Waals surface area contributed by atoms with Crippen molar-refractivity contribution in [2.75, 3.05) is 12.8 Å². The van der Waals surface area contributed by atoms with Crippen molar-refractivity contribution in [3.8, 4) is 0 Å². The monoisotopic (exact) mass is 183 g/mol. The van der Waals surface area contributed by atoms with E-state index in [9.17, 15) is 4.79 Å². The molecule has 0 amide bonds. The van der Waals surface area contributed by atoms with E-state index < -0.39 is 5.97 Å². The number of nitrogens with two attached hydrogens (primary N) is 1. The molecule has 0 aliphatic carbocycles. The molecule has 1 aromatic rings. The normalized spacial score (nSPS) is 9.50. The van der Waals surface area contributed by atoms with Crippen LogP contribution in [0.15, 0.2) is 23.1 Å². The summed E-state index contributed by atoms with van der Waals surface area (Å²) in [6.07, 6.45) is 0. The van der Waals surface area contributed by atoms with Gasteiger partial charge in [-0.25, -0.2) is 4.79 Å². The summed E-state index contributed by atoms with van der Waals surface area (Å²) in [5, 5.41) is 0. The molecule has 0 fully saturated rings. The third-order valence-electron chi connectivity index (χ3n) is 1.45. The minimum absolute atomic E-state index is 0.393. The first kappa shape index (κ1) is 8.93. The van der Waals surface area contributed by atoms with Crippen LogP contribution in [0.5, 0.6) is 0 Å². The third-order valence-corrected chi connectivity index (χ3v) is 1.86. The van der Waals surface area contributed by atoms with Gasteiger partial charge in [-0.05, 0) is 18.2 Å². The molecule has 0 unspecified atom stereocenters. The Morgan fingerprint density at radius 3 is 2.75 bits per heavy atom. The lowest BCUT2D eigenvalue weighted by Crippen LogP contribution is -2.01. The molecular weight excluding hydrogens is 174 g/mol. The molecule has 12 heavy (non-hydrogen) atoms. The van der Waals surface area contributed by atoms with E-state index in [1.165, 1.54) is 13.2 Å². The molecule has 0 bridgehead atoms. The van der Waals surface area contributed by atoms with Crippen LogP contribution in [0.25, 0.3) is 0 Å². The molecule has 4 heteroatoms. The average molecular weight is 183 g/mol. The van der Waals surface area contributed by atoms with Crippen LogP contribution in [0.2, 0.25) is 0 Å². The maximum Gasteiger partial charge on any atom is 0.337 e. The Morgan fingerprint density at radius 2 is 2.25 bits per heavy atom. The van der Waals surface area contributed by atoms with Gasteiger partial charge in [-0.15, -0.1) is 12.6 Å². The first-order valence-electron chi connectivity index (χ1n) is 3.32. The minimum atomic E-state index is -0.393. The van der Waals surface area contributed by atoms with Crippen molar-refractivity contribution < 1.29 is 9.53 Å². The lowest BCUT2D eigenvalue weighted by molar-refractivity contribution is 0.0600. The molecule has 0 aromatic heterocycles. The molecular formula is C8H9NO2S. The number of rotatable bonds is 1.